The summed E-state index contributed by atoms with van der Waals surface area (Å²) >= 11 is 0. The van der Waals surface area contributed by atoms with Crippen LogP contribution < -0.4 is 5.32 Å². The molecule has 4 fully saturated rings. The van der Waals surface area contributed by atoms with E-state index in [4.69, 9.17) is 9.47 Å². The zero-order valence-electron chi connectivity index (χ0n) is 33.9. The summed E-state index contributed by atoms with van der Waals surface area (Å²) < 4.78 is 11.2. The number of aromatic nitrogens is 1. The molecule has 0 radical (unpaired) electrons. The lowest BCUT2D eigenvalue weighted by Gasteiger charge is -2.63. The third-order valence-electron chi connectivity index (χ3n) is 14.1. The number of H-pyrrole nitrogens is 1. The lowest BCUT2D eigenvalue weighted by atomic mass is 9.44. The standard InChI is InChI=1S/C44H67N3O6/c1-27(13-12-16-37(49)52-41(2,3)4)31-17-18-32-38-33(19-20-44(31,32)9)43(8)21-22-47(26-29(43)24-36(38)48)39(50)35(46-40(51)53-42(5,6)7)23-28-25-45-34-15-11-10-14-30(28)34/h10-11,14-15,25,27,29,31-33,35-36,38,45,48H,12-13,16-24,26H2,1-9H3,(H,46,51)/t27-,29-,31-,32+,33+,35+,36+,38+,43+,44-/m1/s1. The van der Waals surface area contributed by atoms with Crippen molar-refractivity contribution in [2.75, 3.05) is 13.1 Å². The number of hydrogen-bond donors (Lipinski definition) is 3. The highest BCUT2D eigenvalue weighted by atomic mass is 16.6. The van der Waals surface area contributed by atoms with E-state index in [1.165, 1.54) is 12.8 Å². The van der Waals surface area contributed by atoms with E-state index in [-0.39, 0.29) is 40.6 Å². The Morgan fingerprint density at radius 2 is 1.68 bits per heavy atom. The summed E-state index contributed by atoms with van der Waals surface area (Å²) in [7, 11) is 0. The Kier molecular flexibility index (Phi) is 11.1. The molecule has 4 aliphatic rings. The third-order valence-corrected chi connectivity index (χ3v) is 14.1. The topological polar surface area (TPSA) is 121 Å². The molecule has 2 heterocycles. The highest BCUT2D eigenvalue weighted by molar-refractivity contribution is 5.88. The molecule has 9 nitrogen and oxygen atoms in total. The predicted octanol–water partition coefficient (Wildman–Crippen LogP) is 8.43. The highest BCUT2D eigenvalue weighted by Crippen LogP contribution is 2.67. The van der Waals surface area contributed by atoms with Gasteiger partial charge in [-0.15, -0.1) is 0 Å². The Labute approximate surface area is 317 Å². The molecule has 1 aliphatic heterocycles. The molecule has 1 saturated heterocycles. The molecule has 1 aromatic heterocycles. The first-order chi connectivity index (χ1) is 24.8. The number of alkyl carbamates (subject to hydrolysis) is 1. The number of benzene rings is 1. The first-order valence-corrected chi connectivity index (χ1v) is 20.5. The number of fused-ring (bicyclic) bond motifs is 6. The molecule has 10 atom stereocenters. The minimum atomic E-state index is -0.772. The molecule has 0 unspecified atom stereocenters. The van der Waals surface area contributed by atoms with E-state index in [9.17, 15) is 19.5 Å². The van der Waals surface area contributed by atoms with Crippen molar-refractivity contribution in [3.05, 3.63) is 36.0 Å². The maximum absolute atomic E-state index is 14.4. The second kappa shape index (κ2) is 14.9. The van der Waals surface area contributed by atoms with Crippen LogP contribution in [-0.2, 0) is 25.5 Å². The largest absolute Gasteiger partial charge is 0.460 e. The number of para-hydroxylation sites is 1. The number of aliphatic hydroxyl groups is 1. The van der Waals surface area contributed by atoms with Gasteiger partial charge in [0.25, 0.3) is 0 Å². The number of rotatable bonds is 9. The summed E-state index contributed by atoms with van der Waals surface area (Å²) in [5, 5.41) is 16.0. The number of carbonyl (C=O) groups is 3. The summed E-state index contributed by atoms with van der Waals surface area (Å²) in [6.07, 6.45) is 9.89. The second-order valence-corrected chi connectivity index (χ2v) is 19.8. The number of esters is 1. The van der Waals surface area contributed by atoms with E-state index < -0.39 is 23.3 Å². The Bertz CT molecular complexity index is 1640. The van der Waals surface area contributed by atoms with Gasteiger partial charge >= 0.3 is 12.1 Å². The molecule has 2 amide bonds. The van der Waals surface area contributed by atoms with Crippen molar-refractivity contribution in [1.29, 1.82) is 0 Å². The van der Waals surface area contributed by atoms with Gasteiger partial charge in [0.2, 0.25) is 5.91 Å². The van der Waals surface area contributed by atoms with E-state index in [1.54, 1.807) is 0 Å². The lowest BCUT2D eigenvalue weighted by Crippen LogP contribution is -2.63. The first-order valence-electron chi connectivity index (χ1n) is 20.5. The van der Waals surface area contributed by atoms with E-state index in [1.807, 2.05) is 76.9 Å². The number of nitrogens with one attached hydrogen (secondary N) is 2. The quantitative estimate of drug-likeness (QED) is 0.223. The van der Waals surface area contributed by atoms with Crippen molar-refractivity contribution in [1.82, 2.24) is 15.2 Å². The minimum absolute atomic E-state index is 0.0457. The number of piperidine rings is 1. The van der Waals surface area contributed by atoms with Crippen LogP contribution in [0.25, 0.3) is 10.9 Å². The summed E-state index contributed by atoms with van der Waals surface area (Å²) in [6.45, 7) is 19.8. The number of ether oxygens (including phenoxy) is 2. The fraction of sp³-hybridized carbons (Fsp3) is 0.750. The Hall–Kier alpha value is -3.07. The molecule has 2 aromatic rings. The van der Waals surface area contributed by atoms with E-state index in [0.717, 1.165) is 48.6 Å². The van der Waals surface area contributed by atoms with E-state index in [2.05, 4.69) is 31.1 Å². The van der Waals surface area contributed by atoms with Gasteiger partial charge in [-0.1, -0.05) is 39.0 Å². The van der Waals surface area contributed by atoms with Crippen molar-refractivity contribution in [3.8, 4) is 0 Å². The van der Waals surface area contributed by atoms with Gasteiger partial charge in [0.05, 0.1) is 6.10 Å². The van der Waals surface area contributed by atoms with Gasteiger partial charge in [0.1, 0.15) is 17.2 Å². The Morgan fingerprint density at radius 1 is 0.981 bits per heavy atom. The monoisotopic (exact) mass is 734 g/mol. The molecule has 1 aromatic carbocycles. The molecule has 53 heavy (non-hydrogen) atoms. The minimum Gasteiger partial charge on any atom is -0.460 e. The van der Waals surface area contributed by atoms with E-state index >= 15 is 0 Å². The summed E-state index contributed by atoms with van der Waals surface area (Å²) in [5.41, 5.74) is 1.08. The van der Waals surface area contributed by atoms with Crippen molar-refractivity contribution in [3.63, 3.8) is 0 Å². The third kappa shape index (κ3) is 8.30. The number of amides is 2. The van der Waals surface area contributed by atoms with Crippen LogP contribution in [0.2, 0.25) is 0 Å². The van der Waals surface area contributed by atoms with E-state index in [0.29, 0.717) is 56.0 Å². The number of aromatic amines is 1. The molecule has 6 rings (SSSR count). The van der Waals surface area contributed by atoms with Crippen molar-refractivity contribution < 1.29 is 29.0 Å². The molecular weight excluding hydrogens is 666 g/mol. The van der Waals surface area contributed by atoms with Gasteiger partial charge < -0.3 is 29.8 Å². The molecule has 0 spiro atoms. The fourth-order valence-electron chi connectivity index (χ4n) is 11.7. The highest BCUT2D eigenvalue weighted by Gasteiger charge is 2.63. The predicted molar refractivity (Wildman–Crippen MR) is 208 cm³/mol. The first kappa shape index (κ1) is 39.6. The van der Waals surface area contributed by atoms with Crippen LogP contribution in [0.1, 0.15) is 126 Å². The molecular formula is C44H67N3O6. The molecule has 3 saturated carbocycles. The Morgan fingerprint density at radius 3 is 2.40 bits per heavy atom. The van der Waals surface area contributed by atoms with Gasteiger partial charge in [0, 0.05) is 43.0 Å². The smallest absolute Gasteiger partial charge is 0.408 e. The van der Waals surface area contributed by atoms with Crippen molar-refractivity contribution >= 4 is 28.9 Å². The van der Waals surface area contributed by atoms with Crippen LogP contribution in [0.15, 0.2) is 30.5 Å². The SMILES string of the molecule is C[C@H](CCCC(=O)OC(C)(C)C)[C@H]1CC[C@H]2[C@@H]3[C@@H](O)C[C@@H]4CN(C(=O)[C@H](Cc5c[nH]c6ccccc56)NC(=O)OC(C)(C)C)CC[C@]4(C)[C@H]3CC[C@]12C. The Balaban J connectivity index is 1.13. The summed E-state index contributed by atoms with van der Waals surface area (Å²) in [4.78, 5) is 45.1. The number of hydrogen-bond acceptors (Lipinski definition) is 6. The van der Waals surface area contributed by atoms with Gasteiger partial charge in [-0.2, -0.15) is 0 Å². The van der Waals surface area contributed by atoms with Gasteiger partial charge in [-0.3, -0.25) is 9.59 Å². The number of likely N-dealkylation sites (tertiary alicyclic amines) is 1. The fourth-order valence-corrected chi connectivity index (χ4v) is 11.7. The van der Waals surface area contributed by atoms with Crippen LogP contribution in [-0.4, -0.2) is 69.4 Å². The van der Waals surface area contributed by atoms with Crippen LogP contribution >= 0.6 is 0 Å². The normalized spacial score (nSPS) is 32.6. The van der Waals surface area contributed by atoms with Crippen LogP contribution in [0, 0.1) is 46.3 Å². The maximum Gasteiger partial charge on any atom is 0.408 e. The second-order valence-electron chi connectivity index (χ2n) is 19.8. The number of aliphatic hydroxyl groups excluding tert-OH is 1. The molecule has 3 aliphatic carbocycles. The lowest BCUT2D eigenvalue weighted by molar-refractivity contribution is -0.176. The number of nitrogens with zero attached hydrogens (tertiary/aromatic N) is 1. The average Bonchev–Trinajstić information content (AvgIpc) is 3.63. The zero-order valence-corrected chi connectivity index (χ0v) is 33.9. The van der Waals surface area contributed by atoms with Gasteiger partial charge in [0.15, 0.2) is 0 Å². The van der Waals surface area contributed by atoms with Crippen molar-refractivity contribution in [2.24, 2.45) is 46.3 Å². The maximum atomic E-state index is 14.4. The van der Waals surface area contributed by atoms with Crippen LogP contribution in [0.4, 0.5) is 4.79 Å². The van der Waals surface area contributed by atoms with Gasteiger partial charge in [-0.25, -0.2) is 4.79 Å². The van der Waals surface area contributed by atoms with Gasteiger partial charge in [-0.05, 0) is 151 Å². The zero-order chi connectivity index (χ0) is 38.5. The molecule has 3 N–H and O–H groups in total. The molecule has 0 bridgehead atoms. The molecule has 294 valence electrons. The summed E-state index contributed by atoms with van der Waals surface area (Å²) in [6, 6.07) is 7.25. The summed E-state index contributed by atoms with van der Waals surface area (Å²) in [5.74, 6) is 2.31. The van der Waals surface area contributed by atoms with Crippen LogP contribution in [0.3, 0.4) is 0 Å². The number of carbonyl (C=O) groups excluding carboxylic acids is 3. The molecule has 9 heteroatoms. The average molecular weight is 734 g/mol. The van der Waals surface area contributed by atoms with Crippen molar-refractivity contribution in [2.45, 2.75) is 150 Å². The van der Waals surface area contributed by atoms with Crippen LogP contribution in [0.5, 0.6) is 0 Å².